The van der Waals surface area contributed by atoms with Crippen molar-refractivity contribution in [3.05, 3.63) is 0 Å². The van der Waals surface area contributed by atoms with Gasteiger partial charge in [0, 0.05) is 0 Å². The van der Waals surface area contributed by atoms with Crippen LogP contribution in [0.2, 0.25) is 5.21 Å². The van der Waals surface area contributed by atoms with Gasteiger partial charge in [-0.05, 0) is 0 Å². The van der Waals surface area contributed by atoms with Gasteiger partial charge in [0.25, 0.3) is 0 Å². The number of carbonyl (C=O) groups excluding carboxylic acids is 1. The molecule has 0 heterocycles. The molecule has 0 rings (SSSR count). The van der Waals surface area contributed by atoms with E-state index in [1.807, 2.05) is 0 Å². The van der Waals surface area contributed by atoms with Gasteiger partial charge >= 0.3 is 60.5 Å². The van der Waals surface area contributed by atoms with E-state index in [1.54, 1.807) is 0 Å². The molecule has 1 atom stereocenters. The minimum absolute atomic E-state index is 0.0801. The number of carbonyl (C=O) groups is 1. The van der Waals surface area contributed by atoms with Crippen molar-refractivity contribution in [3.63, 3.8) is 0 Å². The Bertz CT molecular complexity index is 84.3. The number of aliphatic hydroxyl groups excluding tert-OH is 1. The monoisotopic (exact) mass is 194 g/mol. The van der Waals surface area contributed by atoms with Crippen molar-refractivity contribution in [2.24, 2.45) is 0 Å². The summed E-state index contributed by atoms with van der Waals surface area (Å²) in [4.78, 5) is 10.4. The van der Waals surface area contributed by atoms with Crippen LogP contribution in [0, 0.1) is 0 Å². The topological polar surface area (TPSA) is 46.5 Å². The van der Waals surface area contributed by atoms with Gasteiger partial charge in [-0.25, -0.2) is 0 Å². The van der Waals surface area contributed by atoms with Crippen molar-refractivity contribution in [2.75, 3.05) is 13.7 Å². The van der Waals surface area contributed by atoms with Gasteiger partial charge in [-0.3, -0.25) is 0 Å². The first-order valence-electron chi connectivity index (χ1n) is 2.74. The Morgan fingerprint density at radius 1 is 1.78 bits per heavy atom. The second-order valence-electron chi connectivity index (χ2n) is 1.50. The molecule has 0 amide bonds. The molecule has 0 bridgehead atoms. The Hall–Kier alpha value is -0.0116. The van der Waals surface area contributed by atoms with E-state index in [0.29, 0.717) is 0 Å². The fraction of sp³-hybridized carbons (Fsp3) is 0.800. The summed E-state index contributed by atoms with van der Waals surface area (Å²) in [6.45, 7) is 0.181. The van der Waals surface area contributed by atoms with E-state index in [4.69, 9.17) is 5.11 Å². The van der Waals surface area contributed by atoms with Crippen molar-refractivity contribution in [2.45, 2.75) is 11.6 Å². The molecule has 0 aromatic carbocycles. The molecule has 1 N–H and O–H groups in total. The Kier molecular flexibility index (Phi) is 6.11. The van der Waals surface area contributed by atoms with Crippen molar-refractivity contribution >= 4 is 20.5 Å². The molecule has 0 aliphatic carbocycles. The maximum absolute atomic E-state index is 10.4. The molecular weight excluding hydrogens is 183 g/mol. The Morgan fingerprint density at radius 2 is 2.44 bits per heavy atom. The molecule has 1 unspecified atom stereocenters. The number of hydrogen-bond donors (Lipinski definition) is 1. The Morgan fingerprint density at radius 3 is 2.89 bits per heavy atom. The first-order chi connectivity index (χ1) is 4.31. The number of aliphatic hydroxyl groups is 1. The van der Waals surface area contributed by atoms with E-state index in [1.165, 1.54) is 7.11 Å². The van der Waals surface area contributed by atoms with Crippen LogP contribution in [0.1, 0.15) is 6.42 Å². The zero-order valence-electron chi connectivity index (χ0n) is 5.39. The molecule has 0 aromatic rings. The Balaban J connectivity index is 2.97. The third kappa shape index (κ3) is 5.87. The van der Waals surface area contributed by atoms with Crippen molar-refractivity contribution in [1.29, 1.82) is 0 Å². The summed E-state index contributed by atoms with van der Waals surface area (Å²) in [7, 11) is 1.39. The normalized spacial score (nSPS) is 10.4. The molecule has 0 spiro atoms. The molecule has 0 radical (unpaired) electrons. The van der Waals surface area contributed by atoms with Gasteiger partial charge < -0.3 is 0 Å². The number of ether oxygens (including phenoxy) is 1. The van der Waals surface area contributed by atoms with E-state index in [0.717, 1.165) is 11.6 Å². The van der Waals surface area contributed by atoms with Gasteiger partial charge in [0.15, 0.2) is 0 Å². The predicted molar refractivity (Wildman–Crippen MR) is 36.1 cm³/mol. The molecule has 54 valence electrons. The van der Waals surface area contributed by atoms with E-state index in [-0.39, 0.29) is 11.4 Å². The molecule has 9 heavy (non-hydrogen) atoms. The van der Waals surface area contributed by atoms with Crippen LogP contribution in [0.4, 0.5) is 4.79 Å². The average molecular weight is 194 g/mol. The summed E-state index contributed by atoms with van der Waals surface area (Å²) >= 11 is -0.585. The molecule has 0 aliphatic heterocycles. The van der Waals surface area contributed by atoms with Crippen molar-refractivity contribution in [1.82, 2.24) is 0 Å². The van der Waals surface area contributed by atoms with Crippen LogP contribution in [-0.4, -0.2) is 39.3 Å². The van der Waals surface area contributed by atoms with Gasteiger partial charge in [-0.2, -0.15) is 0 Å². The third-order valence-corrected chi connectivity index (χ3v) is 3.09. The molecule has 0 aromatic heterocycles. The van der Waals surface area contributed by atoms with Crippen LogP contribution in [0.5, 0.6) is 0 Å². The zero-order chi connectivity index (χ0) is 7.11. The molecule has 0 fully saturated rings. The van der Waals surface area contributed by atoms with Crippen LogP contribution in [0.15, 0.2) is 0 Å². The minimum atomic E-state index is -0.585. The van der Waals surface area contributed by atoms with Crippen LogP contribution in [-0.2, 0) is 4.74 Å². The molecule has 4 heteroatoms. The summed E-state index contributed by atoms with van der Waals surface area (Å²) in [5.74, 6) is 0. The second-order valence-corrected chi connectivity index (χ2v) is 4.14. The number of hydrogen-bond acceptors (Lipinski definition) is 3. The standard InChI is InChI=1S/C5H11AsO3/c1-9-5(8)6-3-2-4-7/h6-7H,2-4H2,1H3. The van der Waals surface area contributed by atoms with E-state index < -0.39 is 15.8 Å². The van der Waals surface area contributed by atoms with Gasteiger partial charge in [-0.15, -0.1) is 0 Å². The van der Waals surface area contributed by atoms with Crippen LogP contribution >= 0.6 is 0 Å². The van der Waals surface area contributed by atoms with Crippen molar-refractivity contribution < 1.29 is 14.6 Å². The molecule has 0 saturated heterocycles. The number of rotatable bonds is 4. The van der Waals surface area contributed by atoms with Crippen LogP contribution < -0.4 is 0 Å². The SMILES string of the molecule is COC(=O)[AsH]CCCO. The van der Waals surface area contributed by atoms with Gasteiger partial charge in [0.2, 0.25) is 0 Å². The van der Waals surface area contributed by atoms with Crippen LogP contribution in [0.3, 0.4) is 0 Å². The van der Waals surface area contributed by atoms with Gasteiger partial charge in [0.05, 0.1) is 0 Å². The summed E-state index contributed by atoms with van der Waals surface area (Å²) < 4.78 is 4.35. The van der Waals surface area contributed by atoms with Crippen LogP contribution in [0.25, 0.3) is 0 Å². The zero-order valence-corrected chi connectivity index (χ0v) is 7.48. The second kappa shape index (κ2) is 6.11. The first-order valence-corrected chi connectivity index (χ1v) is 5.27. The average Bonchev–Trinajstić information content (AvgIpc) is 1.89. The number of methoxy groups -OCH3 is 1. The fourth-order valence-corrected chi connectivity index (χ4v) is 1.78. The molecular formula is C5H11AsO3. The Labute approximate surface area is 61.1 Å². The van der Waals surface area contributed by atoms with Gasteiger partial charge in [-0.1, -0.05) is 0 Å². The molecule has 0 saturated carbocycles. The molecule has 0 aliphatic rings. The maximum atomic E-state index is 10.4. The predicted octanol–water partition coefficient (Wildman–Crippen LogP) is -0.0100. The quantitative estimate of drug-likeness (QED) is 0.505. The molecule has 3 nitrogen and oxygen atoms in total. The van der Waals surface area contributed by atoms with E-state index in [2.05, 4.69) is 4.74 Å². The van der Waals surface area contributed by atoms with E-state index >= 15 is 0 Å². The van der Waals surface area contributed by atoms with Crippen molar-refractivity contribution in [3.8, 4) is 0 Å². The fourth-order valence-electron chi connectivity index (χ4n) is 0.342. The summed E-state index contributed by atoms with van der Waals surface area (Å²) in [5, 5.41) is 9.16. The summed E-state index contributed by atoms with van der Waals surface area (Å²) in [5.41, 5.74) is 0. The summed E-state index contributed by atoms with van der Waals surface area (Å²) in [6.07, 6.45) is 0.731. The summed E-state index contributed by atoms with van der Waals surface area (Å²) in [6, 6.07) is 0. The van der Waals surface area contributed by atoms with E-state index in [9.17, 15) is 4.79 Å². The van der Waals surface area contributed by atoms with Gasteiger partial charge in [0.1, 0.15) is 0 Å². The first kappa shape index (κ1) is 8.99. The third-order valence-electron chi connectivity index (χ3n) is 0.790.